The molecular formula is C26H24N4O3. The average molecular weight is 441 g/mol. The number of rotatable bonds is 6. The molecule has 5 rings (SSSR count). The van der Waals surface area contributed by atoms with Gasteiger partial charge in [0, 0.05) is 12.1 Å². The number of nitrogens with zero attached hydrogens (tertiary/aromatic N) is 2. The van der Waals surface area contributed by atoms with Crippen LogP contribution in [0, 0.1) is 5.92 Å². The van der Waals surface area contributed by atoms with Crippen LogP contribution in [-0.4, -0.2) is 45.1 Å². The molecular weight excluding hydrogens is 416 g/mol. The maximum Gasteiger partial charge on any atom is 0.246 e. The summed E-state index contributed by atoms with van der Waals surface area (Å²) in [5, 5.41) is 15.9. The first-order chi connectivity index (χ1) is 16.1. The normalized spacial score (nSPS) is 23.3. The van der Waals surface area contributed by atoms with Crippen LogP contribution in [0.2, 0.25) is 0 Å². The van der Waals surface area contributed by atoms with Gasteiger partial charge in [-0.1, -0.05) is 78.9 Å². The summed E-state index contributed by atoms with van der Waals surface area (Å²) in [5.41, 5.74) is 5.10. The van der Waals surface area contributed by atoms with Crippen molar-refractivity contribution >= 4 is 17.6 Å². The first-order valence-corrected chi connectivity index (χ1v) is 10.9. The number of pyridine rings is 1. The number of hydrazine groups is 1. The minimum atomic E-state index is -0.924. The predicted octanol–water partition coefficient (Wildman–Crippen LogP) is 2.48. The highest BCUT2D eigenvalue weighted by molar-refractivity contribution is 6.08. The van der Waals surface area contributed by atoms with Crippen molar-refractivity contribution in [2.45, 2.75) is 24.1 Å². The molecule has 2 aromatic carbocycles. The van der Waals surface area contributed by atoms with Crippen LogP contribution in [0.4, 0.5) is 5.82 Å². The Labute approximate surface area is 191 Å². The zero-order chi connectivity index (χ0) is 22.8. The number of nitrogens with one attached hydrogen (secondary N) is 2. The number of carbonyl (C=O) groups is 2. The maximum atomic E-state index is 12.7. The lowest BCUT2D eigenvalue weighted by atomic mass is 9.81. The van der Waals surface area contributed by atoms with Crippen LogP contribution in [0.25, 0.3) is 0 Å². The monoisotopic (exact) mass is 440 g/mol. The molecule has 0 aliphatic carbocycles. The summed E-state index contributed by atoms with van der Waals surface area (Å²) in [6, 6.07) is 23.6. The molecule has 2 amide bonds. The molecule has 3 N–H and O–H groups in total. The first-order valence-electron chi connectivity index (χ1n) is 10.9. The molecule has 2 aliphatic rings. The van der Waals surface area contributed by atoms with Gasteiger partial charge in [0.1, 0.15) is 11.9 Å². The van der Waals surface area contributed by atoms with Crippen LogP contribution in [0.1, 0.15) is 17.0 Å². The van der Waals surface area contributed by atoms with Gasteiger partial charge >= 0.3 is 0 Å². The number of benzene rings is 2. The number of anilines is 1. The Balaban J connectivity index is 1.56. The lowest BCUT2D eigenvalue weighted by Gasteiger charge is -2.42. The number of amides is 2. The van der Waals surface area contributed by atoms with Crippen LogP contribution in [-0.2, 0) is 9.59 Å². The number of aliphatic hydroxyl groups excluding tert-OH is 1. The third-order valence-corrected chi connectivity index (χ3v) is 6.21. The first kappa shape index (κ1) is 21.1. The largest absolute Gasteiger partial charge is 0.390 e. The van der Waals surface area contributed by atoms with Crippen LogP contribution in [0.3, 0.4) is 0 Å². The van der Waals surface area contributed by atoms with E-state index < -0.39 is 30.0 Å². The summed E-state index contributed by atoms with van der Waals surface area (Å²) in [5.74, 6) is -1.21. The smallest absolute Gasteiger partial charge is 0.246 e. The Kier molecular flexibility index (Phi) is 5.73. The van der Waals surface area contributed by atoms with E-state index in [-0.39, 0.29) is 11.8 Å². The second-order valence-electron chi connectivity index (χ2n) is 8.22. The van der Waals surface area contributed by atoms with Crippen LogP contribution in [0.5, 0.6) is 0 Å². The predicted molar refractivity (Wildman–Crippen MR) is 124 cm³/mol. The summed E-state index contributed by atoms with van der Waals surface area (Å²) in [7, 11) is 0. The van der Waals surface area contributed by atoms with Gasteiger partial charge in [0.25, 0.3) is 0 Å². The minimum absolute atomic E-state index is 0.343. The van der Waals surface area contributed by atoms with Crippen molar-refractivity contribution in [3.63, 3.8) is 0 Å². The third-order valence-electron chi connectivity index (χ3n) is 6.21. The lowest BCUT2D eigenvalue weighted by molar-refractivity contribution is -0.126. The molecule has 7 nitrogen and oxygen atoms in total. The highest BCUT2D eigenvalue weighted by atomic mass is 16.3. The molecule has 1 fully saturated rings. The van der Waals surface area contributed by atoms with Gasteiger partial charge in [0.2, 0.25) is 11.8 Å². The third kappa shape index (κ3) is 4.04. The summed E-state index contributed by atoms with van der Waals surface area (Å²) in [6.45, 7) is 0. The van der Waals surface area contributed by atoms with Crippen LogP contribution >= 0.6 is 0 Å². The number of imide groups is 1. The molecule has 0 spiro atoms. The fraction of sp³-hybridized carbons (Fsp3) is 0.192. The Morgan fingerprint density at radius 1 is 0.848 bits per heavy atom. The summed E-state index contributed by atoms with van der Waals surface area (Å²) >= 11 is 0. The Morgan fingerprint density at radius 3 is 2.09 bits per heavy atom. The second kappa shape index (κ2) is 8.97. The molecule has 1 aromatic heterocycles. The zero-order valence-electron chi connectivity index (χ0n) is 17.8. The molecule has 3 aromatic rings. The van der Waals surface area contributed by atoms with Gasteiger partial charge < -0.3 is 10.5 Å². The van der Waals surface area contributed by atoms with E-state index in [0.29, 0.717) is 5.82 Å². The fourth-order valence-corrected chi connectivity index (χ4v) is 4.68. The summed E-state index contributed by atoms with van der Waals surface area (Å²) in [4.78, 5) is 29.4. The van der Waals surface area contributed by atoms with Crippen molar-refractivity contribution < 1.29 is 14.7 Å². The highest BCUT2D eigenvalue weighted by Crippen LogP contribution is 2.36. The van der Waals surface area contributed by atoms with Gasteiger partial charge in [-0.2, -0.15) is 5.01 Å². The lowest BCUT2D eigenvalue weighted by Crippen LogP contribution is -2.58. The van der Waals surface area contributed by atoms with Gasteiger partial charge in [-0.3, -0.25) is 14.9 Å². The highest BCUT2D eigenvalue weighted by Gasteiger charge is 2.50. The summed E-state index contributed by atoms with van der Waals surface area (Å²) in [6.07, 6.45) is 4.25. The number of hydrogen-bond donors (Lipinski definition) is 3. The minimum Gasteiger partial charge on any atom is -0.390 e. The van der Waals surface area contributed by atoms with E-state index in [4.69, 9.17) is 0 Å². The zero-order valence-corrected chi connectivity index (χ0v) is 17.8. The molecule has 7 heteroatoms. The topological polar surface area (TPSA) is 94.6 Å². The van der Waals surface area contributed by atoms with Crippen molar-refractivity contribution in [2.75, 3.05) is 5.43 Å². The van der Waals surface area contributed by atoms with Crippen LogP contribution in [0.15, 0.2) is 97.2 Å². The molecule has 0 saturated carbocycles. The Morgan fingerprint density at radius 2 is 1.48 bits per heavy atom. The number of fused-ring (bicyclic) bond motifs is 1. The van der Waals surface area contributed by atoms with Gasteiger partial charge in [0.05, 0.1) is 18.1 Å². The standard InChI is InChI=1S/C26H24N4O3/c31-24(22(17-9-3-1-4-10-17)18-11-5-2-6-12-18)20-15-14-19-23(26(33)28-25(19)32)30(20)29-21-13-7-8-16-27-21/h1-16,19-20,22-24,31H,(H,27,29)(H,28,32,33). The van der Waals surface area contributed by atoms with Crippen molar-refractivity contribution in [1.29, 1.82) is 0 Å². The van der Waals surface area contributed by atoms with E-state index in [9.17, 15) is 14.7 Å². The number of hydrogen-bond acceptors (Lipinski definition) is 6. The van der Waals surface area contributed by atoms with Crippen molar-refractivity contribution in [2.24, 2.45) is 5.92 Å². The molecule has 166 valence electrons. The number of aliphatic hydroxyl groups is 1. The Bertz CT molecular complexity index is 1110. The van der Waals surface area contributed by atoms with Gasteiger partial charge in [-0.15, -0.1) is 0 Å². The van der Waals surface area contributed by atoms with Crippen molar-refractivity contribution in [3.8, 4) is 0 Å². The van der Waals surface area contributed by atoms with E-state index >= 15 is 0 Å². The summed E-state index contributed by atoms with van der Waals surface area (Å²) < 4.78 is 0. The Hall–Kier alpha value is -3.81. The van der Waals surface area contributed by atoms with Gasteiger partial charge in [0.15, 0.2) is 0 Å². The molecule has 4 atom stereocenters. The number of carbonyl (C=O) groups excluding carboxylic acids is 2. The molecule has 3 heterocycles. The van der Waals surface area contributed by atoms with E-state index in [1.807, 2.05) is 66.7 Å². The van der Waals surface area contributed by atoms with Gasteiger partial charge in [-0.05, 0) is 23.3 Å². The molecule has 1 saturated heterocycles. The maximum absolute atomic E-state index is 12.7. The molecule has 2 aliphatic heterocycles. The number of aromatic nitrogens is 1. The fourth-order valence-electron chi connectivity index (χ4n) is 4.68. The van der Waals surface area contributed by atoms with Crippen molar-refractivity contribution in [3.05, 3.63) is 108 Å². The average Bonchev–Trinajstić information content (AvgIpc) is 3.15. The molecule has 33 heavy (non-hydrogen) atoms. The van der Waals surface area contributed by atoms with E-state index in [2.05, 4.69) is 15.7 Å². The molecule has 0 bridgehead atoms. The molecule has 4 unspecified atom stereocenters. The SMILES string of the molecule is O=C1NC(=O)C2C1C=CC(C(O)C(c1ccccc1)c1ccccc1)N2Nc1ccccn1. The van der Waals surface area contributed by atoms with Gasteiger partial charge in [-0.25, -0.2) is 4.98 Å². The van der Waals surface area contributed by atoms with E-state index in [1.165, 1.54) is 0 Å². The van der Waals surface area contributed by atoms with E-state index in [1.54, 1.807) is 35.5 Å². The van der Waals surface area contributed by atoms with Crippen LogP contribution < -0.4 is 10.7 Å². The van der Waals surface area contributed by atoms with Crippen molar-refractivity contribution in [1.82, 2.24) is 15.3 Å². The second-order valence-corrected chi connectivity index (χ2v) is 8.22. The molecule has 0 radical (unpaired) electrons. The van der Waals surface area contributed by atoms with E-state index in [0.717, 1.165) is 11.1 Å². The quantitative estimate of drug-likeness (QED) is 0.403.